The summed E-state index contributed by atoms with van der Waals surface area (Å²) >= 11 is 7.94. The molecule has 2 aromatic heterocycles. The summed E-state index contributed by atoms with van der Waals surface area (Å²) in [6, 6.07) is 11.3. The topological polar surface area (TPSA) is 57.2 Å². The van der Waals surface area contributed by atoms with E-state index in [-0.39, 0.29) is 11.6 Å². The number of nitrogens with two attached hydrogens (primary N) is 1. The van der Waals surface area contributed by atoms with E-state index in [2.05, 4.69) is 11.4 Å². The van der Waals surface area contributed by atoms with Gasteiger partial charge in [0, 0.05) is 35.0 Å². The molecular weight excluding hydrogens is 356 g/mol. The molecule has 1 atom stereocenters. The predicted molar refractivity (Wildman–Crippen MR) is 103 cm³/mol. The maximum atomic E-state index is 12.2. The maximum Gasteiger partial charge on any atom is 0.250 e. The van der Waals surface area contributed by atoms with Crippen molar-refractivity contribution in [3.63, 3.8) is 0 Å². The molecule has 1 saturated heterocycles. The molecule has 1 aliphatic heterocycles. The van der Waals surface area contributed by atoms with Gasteiger partial charge in [-0.15, -0.1) is 11.3 Å². The number of aromatic nitrogens is 1. The minimum Gasteiger partial charge on any atom is -0.399 e. The summed E-state index contributed by atoms with van der Waals surface area (Å²) in [5.74, 6) is 0. The van der Waals surface area contributed by atoms with Crippen molar-refractivity contribution < 1.29 is 4.74 Å². The standard InChI is InChI=1S/C19H17ClN2O2S/c20-17-8-14(21)2-3-16(17)18-7-13(11-25-18)12-1-4-19(23)22(9-12)15-5-6-24-10-15/h1-4,7-9,11,15H,5-6,10,21H2. The largest absolute Gasteiger partial charge is 0.399 e. The Balaban J connectivity index is 1.70. The zero-order valence-corrected chi connectivity index (χ0v) is 15.0. The van der Waals surface area contributed by atoms with Gasteiger partial charge in [-0.05, 0) is 47.2 Å². The predicted octanol–water partition coefficient (Wildman–Crippen LogP) is 4.44. The third kappa shape index (κ3) is 3.23. The molecule has 0 radical (unpaired) electrons. The minimum absolute atomic E-state index is 0.0104. The van der Waals surface area contributed by atoms with Gasteiger partial charge in [-0.25, -0.2) is 0 Å². The van der Waals surface area contributed by atoms with Crippen LogP contribution >= 0.6 is 22.9 Å². The van der Waals surface area contributed by atoms with Gasteiger partial charge >= 0.3 is 0 Å². The molecule has 4 rings (SSSR count). The summed E-state index contributed by atoms with van der Waals surface area (Å²) in [5, 5.41) is 2.72. The number of hydrogen-bond donors (Lipinski definition) is 1. The van der Waals surface area contributed by atoms with Crippen molar-refractivity contribution in [3.05, 3.63) is 63.4 Å². The Morgan fingerprint density at radius 1 is 1.20 bits per heavy atom. The summed E-state index contributed by atoms with van der Waals surface area (Å²) in [6.45, 7) is 1.30. The number of halogens is 1. The van der Waals surface area contributed by atoms with Crippen LogP contribution in [0.3, 0.4) is 0 Å². The van der Waals surface area contributed by atoms with Crippen LogP contribution in [0.5, 0.6) is 0 Å². The van der Waals surface area contributed by atoms with Crippen LogP contribution in [0, 0.1) is 0 Å². The zero-order chi connectivity index (χ0) is 17.4. The molecule has 4 nitrogen and oxygen atoms in total. The molecule has 0 aliphatic carbocycles. The number of hydrogen-bond acceptors (Lipinski definition) is 4. The monoisotopic (exact) mass is 372 g/mol. The first kappa shape index (κ1) is 16.4. The number of benzene rings is 1. The van der Waals surface area contributed by atoms with E-state index in [1.807, 2.05) is 24.4 Å². The quantitative estimate of drug-likeness (QED) is 0.691. The highest BCUT2D eigenvalue weighted by molar-refractivity contribution is 7.14. The van der Waals surface area contributed by atoms with Gasteiger partial charge in [-0.1, -0.05) is 17.7 Å². The molecule has 6 heteroatoms. The number of nitrogens with zero attached hydrogens (tertiary/aromatic N) is 1. The van der Waals surface area contributed by atoms with Gasteiger partial charge < -0.3 is 15.0 Å². The van der Waals surface area contributed by atoms with Crippen molar-refractivity contribution in [1.82, 2.24) is 4.57 Å². The number of anilines is 1. The van der Waals surface area contributed by atoms with Crippen LogP contribution in [0.25, 0.3) is 21.6 Å². The number of rotatable bonds is 3. The van der Waals surface area contributed by atoms with Crippen molar-refractivity contribution in [2.75, 3.05) is 18.9 Å². The molecular formula is C19H17ClN2O2S. The number of thiophene rings is 1. The molecule has 1 fully saturated rings. The Bertz CT molecular complexity index is 974. The lowest BCUT2D eigenvalue weighted by atomic mass is 10.1. The molecule has 128 valence electrons. The Kier molecular flexibility index (Phi) is 4.37. The summed E-state index contributed by atoms with van der Waals surface area (Å²) in [4.78, 5) is 13.2. The molecule has 2 N–H and O–H groups in total. The van der Waals surface area contributed by atoms with E-state index in [4.69, 9.17) is 22.1 Å². The SMILES string of the molecule is Nc1ccc(-c2cc(-c3ccc(=O)n(C4CCOC4)c3)cs2)c(Cl)c1. The lowest BCUT2D eigenvalue weighted by Gasteiger charge is -2.13. The van der Waals surface area contributed by atoms with Crippen molar-refractivity contribution in [2.45, 2.75) is 12.5 Å². The maximum absolute atomic E-state index is 12.2. The molecule has 0 spiro atoms. The van der Waals surface area contributed by atoms with Gasteiger partial charge in [0.25, 0.3) is 5.56 Å². The van der Waals surface area contributed by atoms with Crippen LogP contribution in [0.2, 0.25) is 5.02 Å². The van der Waals surface area contributed by atoms with E-state index in [1.165, 1.54) is 0 Å². The zero-order valence-electron chi connectivity index (χ0n) is 13.4. The van der Waals surface area contributed by atoms with Gasteiger partial charge in [-0.3, -0.25) is 4.79 Å². The highest BCUT2D eigenvalue weighted by atomic mass is 35.5. The Labute approximate surface area is 154 Å². The molecule has 25 heavy (non-hydrogen) atoms. The van der Waals surface area contributed by atoms with Gasteiger partial charge in [0.1, 0.15) is 0 Å². The van der Waals surface area contributed by atoms with Gasteiger partial charge in [0.2, 0.25) is 0 Å². The summed E-state index contributed by atoms with van der Waals surface area (Å²) in [5.41, 5.74) is 9.48. The first-order chi connectivity index (χ1) is 12.1. The first-order valence-electron chi connectivity index (χ1n) is 8.06. The second kappa shape index (κ2) is 6.67. The molecule has 1 aromatic carbocycles. The summed E-state index contributed by atoms with van der Waals surface area (Å²) < 4.78 is 7.20. The van der Waals surface area contributed by atoms with Crippen LogP contribution in [-0.4, -0.2) is 17.8 Å². The number of ether oxygens (including phenoxy) is 1. The fraction of sp³-hybridized carbons (Fsp3) is 0.211. The number of nitrogen functional groups attached to an aromatic ring is 1. The Morgan fingerprint density at radius 3 is 2.84 bits per heavy atom. The second-order valence-corrected chi connectivity index (χ2v) is 7.44. The van der Waals surface area contributed by atoms with E-state index < -0.39 is 0 Å². The van der Waals surface area contributed by atoms with Crippen LogP contribution in [0.1, 0.15) is 12.5 Å². The average Bonchev–Trinajstić information content (AvgIpc) is 3.27. The lowest BCUT2D eigenvalue weighted by Crippen LogP contribution is -2.23. The van der Waals surface area contributed by atoms with Crippen LogP contribution < -0.4 is 11.3 Å². The fourth-order valence-corrected chi connectivity index (χ4v) is 4.37. The average molecular weight is 373 g/mol. The third-order valence-electron chi connectivity index (χ3n) is 4.43. The normalized spacial score (nSPS) is 17.1. The van der Waals surface area contributed by atoms with Gasteiger partial charge in [0.15, 0.2) is 0 Å². The molecule has 0 saturated carbocycles. The van der Waals surface area contributed by atoms with Gasteiger partial charge in [-0.2, -0.15) is 0 Å². The van der Waals surface area contributed by atoms with E-state index in [1.54, 1.807) is 28.0 Å². The first-order valence-corrected chi connectivity index (χ1v) is 9.32. The highest BCUT2D eigenvalue weighted by Gasteiger charge is 2.19. The second-order valence-electron chi connectivity index (χ2n) is 6.12. The molecule has 0 amide bonds. The minimum atomic E-state index is 0.0104. The van der Waals surface area contributed by atoms with E-state index in [0.29, 0.717) is 23.9 Å². The molecule has 3 aromatic rings. The van der Waals surface area contributed by atoms with E-state index >= 15 is 0 Å². The Morgan fingerprint density at radius 2 is 2.08 bits per heavy atom. The fourth-order valence-electron chi connectivity index (χ4n) is 3.06. The van der Waals surface area contributed by atoms with Crippen LogP contribution in [-0.2, 0) is 4.74 Å². The van der Waals surface area contributed by atoms with Crippen molar-refractivity contribution in [1.29, 1.82) is 0 Å². The lowest BCUT2D eigenvalue weighted by molar-refractivity contribution is 0.186. The Hall–Kier alpha value is -2.08. The van der Waals surface area contributed by atoms with Crippen LogP contribution in [0.4, 0.5) is 5.69 Å². The molecule has 1 aliphatic rings. The smallest absolute Gasteiger partial charge is 0.250 e. The van der Waals surface area contributed by atoms with Crippen LogP contribution in [0.15, 0.2) is 52.8 Å². The molecule has 3 heterocycles. The van der Waals surface area contributed by atoms with E-state index in [0.717, 1.165) is 28.0 Å². The summed E-state index contributed by atoms with van der Waals surface area (Å²) in [6.07, 6.45) is 2.80. The summed E-state index contributed by atoms with van der Waals surface area (Å²) in [7, 11) is 0. The number of pyridine rings is 1. The van der Waals surface area contributed by atoms with Crippen molar-refractivity contribution >= 4 is 28.6 Å². The van der Waals surface area contributed by atoms with Gasteiger partial charge in [0.05, 0.1) is 17.7 Å². The third-order valence-corrected chi connectivity index (χ3v) is 5.70. The highest BCUT2D eigenvalue weighted by Crippen LogP contribution is 2.37. The van der Waals surface area contributed by atoms with Crippen molar-refractivity contribution in [2.24, 2.45) is 0 Å². The van der Waals surface area contributed by atoms with E-state index in [9.17, 15) is 4.79 Å². The molecule has 1 unspecified atom stereocenters. The van der Waals surface area contributed by atoms with Crippen molar-refractivity contribution in [3.8, 4) is 21.6 Å². The molecule has 0 bridgehead atoms.